The summed E-state index contributed by atoms with van der Waals surface area (Å²) in [5, 5.41) is 15.6. The number of nitrogens with zero attached hydrogens (tertiary/aromatic N) is 1. The van der Waals surface area contributed by atoms with Crippen molar-refractivity contribution >= 4 is 5.97 Å². The molecule has 0 radical (unpaired) electrons. The van der Waals surface area contributed by atoms with Gasteiger partial charge in [-0.2, -0.15) is 5.26 Å². The third kappa shape index (κ3) is 2.87. The van der Waals surface area contributed by atoms with Crippen LogP contribution in [0.1, 0.15) is 0 Å². The van der Waals surface area contributed by atoms with E-state index in [4.69, 9.17) is 10.4 Å². The Bertz CT molecular complexity index is 144. The van der Waals surface area contributed by atoms with Crippen LogP contribution in [0.4, 0.5) is 0 Å². The summed E-state index contributed by atoms with van der Waals surface area (Å²) >= 11 is 0. The molecule has 0 amide bonds. The standard InChI is InChI=1S/C4H3NO2.H2O/c1-3(2-5)4(6)7;/h1H2,(H,6,7);1H2. The molecule has 0 aliphatic heterocycles. The Morgan fingerprint density at radius 1 is 1.75 bits per heavy atom. The van der Waals surface area contributed by atoms with Crippen LogP contribution in [0.25, 0.3) is 0 Å². The summed E-state index contributed by atoms with van der Waals surface area (Å²) in [6.45, 7) is 2.91. The minimum absolute atomic E-state index is 0. The van der Waals surface area contributed by atoms with Crippen LogP contribution in [0.5, 0.6) is 0 Å². The SMILES string of the molecule is C=C(C#N)C(=O)O.O. The number of aliphatic carboxylic acids is 1. The summed E-state index contributed by atoms with van der Waals surface area (Å²) in [4.78, 5) is 9.61. The number of carboxylic acid groups (broad SMARTS) is 1. The lowest BCUT2D eigenvalue weighted by Gasteiger charge is -1.76. The first-order valence-corrected chi connectivity index (χ1v) is 1.50. The minimum atomic E-state index is -1.26. The average molecular weight is 115 g/mol. The van der Waals surface area contributed by atoms with E-state index in [-0.39, 0.29) is 5.48 Å². The topological polar surface area (TPSA) is 92.6 Å². The molecule has 4 nitrogen and oxygen atoms in total. The summed E-state index contributed by atoms with van der Waals surface area (Å²) in [6, 6.07) is 1.37. The van der Waals surface area contributed by atoms with Crippen molar-refractivity contribution in [3.05, 3.63) is 12.2 Å². The molecule has 0 saturated heterocycles. The van der Waals surface area contributed by atoms with E-state index in [0.717, 1.165) is 0 Å². The van der Waals surface area contributed by atoms with Crippen molar-refractivity contribution in [1.82, 2.24) is 0 Å². The van der Waals surface area contributed by atoms with E-state index >= 15 is 0 Å². The lowest BCUT2D eigenvalue weighted by molar-refractivity contribution is -0.132. The van der Waals surface area contributed by atoms with Gasteiger partial charge in [0, 0.05) is 0 Å². The van der Waals surface area contributed by atoms with Gasteiger partial charge < -0.3 is 10.6 Å². The number of rotatable bonds is 1. The second kappa shape index (κ2) is 3.84. The van der Waals surface area contributed by atoms with Gasteiger partial charge in [-0.25, -0.2) is 4.79 Å². The monoisotopic (exact) mass is 115 g/mol. The van der Waals surface area contributed by atoms with E-state index in [0.29, 0.717) is 0 Å². The number of nitriles is 1. The highest BCUT2D eigenvalue weighted by Crippen LogP contribution is 1.81. The molecule has 0 unspecified atom stereocenters. The molecule has 0 heterocycles. The molecule has 4 heteroatoms. The fraction of sp³-hybridized carbons (Fsp3) is 0. The van der Waals surface area contributed by atoms with Gasteiger partial charge >= 0.3 is 5.97 Å². The molecule has 0 bridgehead atoms. The average Bonchev–Trinajstić information content (AvgIpc) is 1.65. The van der Waals surface area contributed by atoms with Crippen molar-refractivity contribution in [3.63, 3.8) is 0 Å². The van der Waals surface area contributed by atoms with Crippen molar-refractivity contribution in [1.29, 1.82) is 5.26 Å². The maximum atomic E-state index is 9.61. The highest BCUT2D eigenvalue weighted by molar-refractivity contribution is 5.90. The van der Waals surface area contributed by atoms with Gasteiger partial charge in [0.2, 0.25) is 0 Å². The third-order valence-corrected chi connectivity index (χ3v) is 0.393. The van der Waals surface area contributed by atoms with Crippen molar-refractivity contribution in [2.24, 2.45) is 0 Å². The smallest absolute Gasteiger partial charge is 0.345 e. The van der Waals surface area contributed by atoms with Gasteiger partial charge in [0.05, 0.1) is 0 Å². The maximum Gasteiger partial charge on any atom is 0.345 e. The zero-order valence-corrected chi connectivity index (χ0v) is 4.01. The van der Waals surface area contributed by atoms with Crippen LogP contribution in [0.2, 0.25) is 0 Å². The normalized spacial score (nSPS) is 5.88. The van der Waals surface area contributed by atoms with Gasteiger partial charge in [-0.05, 0) is 0 Å². The van der Waals surface area contributed by atoms with Crippen molar-refractivity contribution in [2.75, 3.05) is 0 Å². The van der Waals surface area contributed by atoms with E-state index in [1.54, 1.807) is 0 Å². The van der Waals surface area contributed by atoms with E-state index in [9.17, 15) is 4.79 Å². The first-order valence-electron chi connectivity index (χ1n) is 1.50. The number of hydrogen-bond donors (Lipinski definition) is 1. The molecule has 0 aliphatic carbocycles. The summed E-state index contributed by atoms with van der Waals surface area (Å²) < 4.78 is 0. The Hall–Kier alpha value is -1.34. The zero-order valence-electron chi connectivity index (χ0n) is 4.01. The lowest BCUT2D eigenvalue weighted by Crippen LogP contribution is -1.94. The molecule has 0 aromatic carbocycles. The van der Waals surface area contributed by atoms with Crippen LogP contribution in [-0.4, -0.2) is 16.6 Å². The first-order chi connectivity index (χ1) is 3.18. The second-order valence-corrected chi connectivity index (χ2v) is 0.896. The number of hydrogen-bond acceptors (Lipinski definition) is 2. The fourth-order valence-electron chi connectivity index (χ4n) is 0.0478. The molecule has 8 heavy (non-hydrogen) atoms. The van der Waals surface area contributed by atoms with Crippen LogP contribution in [0.15, 0.2) is 12.2 Å². The number of carboxylic acids is 1. The molecule has 0 spiro atoms. The predicted molar refractivity (Wildman–Crippen MR) is 26.0 cm³/mol. The minimum Gasteiger partial charge on any atom is -0.477 e. The molecule has 0 fully saturated rings. The molecule has 44 valence electrons. The highest BCUT2D eigenvalue weighted by Gasteiger charge is 1.97. The molecule has 0 aromatic heterocycles. The third-order valence-electron chi connectivity index (χ3n) is 0.393. The Balaban J connectivity index is 0. The quantitative estimate of drug-likeness (QED) is 0.362. The first kappa shape index (κ1) is 9.83. The van der Waals surface area contributed by atoms with Gasteiger partial charge in [-0.1, -0.05) is 6.58 Å². The Morgan fingerprint density at radius 2 is 2.12 bits per heavy atom. The lowest BCUT2D eigenvalue weighted by atomic mass is 10.4. The Kier molecular flexibility index (Phi) is 4.71. The van der Waals surface area contributed by atoms with E-state index in [1.807, 2.05) is 0 Å². The molecule has 3 N–H and O–H groups in total. The summed E-state index contributed by atoms with van der Waals surface area (Å²) in [5.41, 5.74) is -0.431. The number of carbonyl (C=O) groups is 1. The fourth-order valence-corrected chi connectivity index (χ4v) is 0.0478. The van der Waals surface area contributed by atoms with E-state index in [2.05, 4.69) is 6.58 Å². The van der Waals surface area contributed by atoms with Crippen LogP contribution in [0.3, 0.4) is 0 Å². The molecule has 0 atom stereocenters. The van der Waals surface area contributed by atoms with Crippen LogP contribution < -0.4 is 0 Å². The Labute approximate surface area is 46.0 Å². The van der Waals surface area contributed by atoms with Crippen molar-refractivity contribution in [2.45, 2.75) is 0 Å². The largest absolute Gasteiger partial charge is 0.477 e. The maximum absolute atomic E-state index is 9.61. The van der Waals surface area contributed by atoms with Crippen molar-refractivity contribution in [3.8, 4) is 6.07 Å². The van der Waals surface area contributed by atoms with Crippen LogP contribution >= 0.6 is 0 Å². The predicted octanol–water partition coefficient (Wildman–Crippen LogP) is -0.674. The molecular weight excluding hydrogens is 110 g/mol. The van der Waals surface area contributed by atoms with E-state index < -0.39 is 11.5 Å². The Morgan fingerprint density at radius 3 is 2.12 bits per heavy atom. The molecule has 0 aromatic rings. The van der Waals surface area contributed by atoms with Gasteiger partial charge in [-0.15, -0.1) is 0 Å². The van der Waals surface area contributed by atoms with E-state index in [1.165, 1.54) is 6.07 Å². The van der Waals surface area contributed by atoms with Gasteiger partial charge in [0.25, 0.3) is 0 Å². The zero-order chi connectivity index (χ0) is 5.86. The molecule has 0 aliphatic rings. The summed E-state index contributed by atoms with van der Waals surface area (Å²) in [5.74, 6) is -1.26. The van der Waals surface area contributed by atoms with Crippen LogP contribution in [-0.2, 0) is 4.79 Å². The van der Waals surface area contributed by atoms with Gasteiger partial charge in [-0.3, -0.25) is 0 Å². The highest BCUT2D eigenvalue weighted by atomic mass is 16.4. The second-order valence-electron chi connectivity index (χ2n) is 0.896. The van der Waals surface area contributed by atoms with Crippen molar-refractivity contribution < 1.29 is 15.4 Å². The van der Waals surface area contributed by atoms with Gasteiger partial charge in [0.15, 0.2) is 0 Å². The molecule has 0 rings (SSSR count). The van der Waals surface area contributed by atoms with Gasteiger partial charge in [0.1, 0.15) is 11.6 Å². The molecule has 0 saturated carbocycles. The molecular formula is C4H5NO3. The summed E-state index contributed by atoms with van der Waals surface area (Å²) in [7, 11) is 0. The summed E-state index contributed by atoms with van der Waals surface area (Å²) in [6.07, 6.45) is 0. The van der Waals surface area contributed by atoms with Crippen LogP contribution in [0, 0.1) is 11.3 Å².